The van der Waals surface area contributed by atoms with Crippen LogP contribution in [-0.4, -0.2) is 17.0 Å². The summed E-state index contributed by atoms with van der Waals surface area (Å²) < 4.78 is 0. The summed E-state index contributed by atoms with van der Waals surface area (Å²) in [5, 5.41) is 10.8. The number of carbonyl (C=O) groups is 1. The second-order valence-electron chi connectivity index (χ2n) is 14.1. The normalized spacial score (nSPS) is 50.3. The highest BCUT2D eigenvalue weighted by Gasteiger charge is 2.66. The molecule has 5 aliphatic carbocycles. The van der Waals surface area contributed by atoms with Gasteiger partial charge in [0.1, 0.15) is 5.78 Å². The molecule has 0 radical (unpaired) electrons. The second-order valence-corrected chi connectivity index (χ2v) is 14.1. The van der Waals surface area contributed by atoms with Crippen molar-refractivity contribution in [3.05, 3.63) is 23.3 Å². The molecule has 172 valence electrons. The van der Waals surface area contributed by atoms with Gasteiger partial charge in [0.15, 0.2) is 0 Å². The Labute approximate surface area is 190 Å². The molecule has 0 aromatic rings. The molecule has 31 heavy (non-hydrogen) atoms. The Bertz CT molecular complexity index is 875. The van der Waals surface area contributed by atoms with E-state index >= 15 is 0 Å². The number of aliphatic hydroxyl groups is 1. The summed E-state index contributed by atoms with van der Waals surface area (Å²) in [5.41, 5.74) is 3.52. The van der Waals surface area contributed by atoms with Gasteiger partial charge in [-0.25, -0.2) is 0 Å². The molecule has 3 fully saturated rings. The van der Waals surface area contributed by atoms with Crippen molar-refractivity contribution in [1.82, 2.24) is 0 Å². The van der Waals surface area contributed by atoms with Crippen molar-refractivity contribution in [1.29, 1.82) is 0 Å². The lowest BCUT2D eigenvalue weighted by Crippen LogP contribution is -2.63. The van der Waals surface area contributed by atoms with E-state index in [4.69, 9.17) is 0 Å². The molecule has 2 nitrogen and oxygen atoms in total. The topological polar surface area (TPSA) is 37.3 Å². The Morgan fingerprint density at radius 2 is 1.61 bits per heavy atom. The van der Waals surface area contributed by atoms with Crippen molar-refractivity contribution in [3.8, 4) is 0 Å². The molecule has 0 aromatic heterocycles. The Morgan fingerprint density at radius 1 is 0.903 bits per heavy atom. The van der Waals surface area contributed by atoms with Gasteiger partial charge in [-0.05, 0) is 84.0 Å². The van der Waals surface area contributed by atoms with E-state index in [1.54, 1.807) is 0 Å². The van der Waals surface area contributed by atoms with Gasteiger partial charge in [-0.1, -0.05) is 66.2 Å². The zero-order chi connectivity index (χ0) is 22.6. The molecular weight excluding hydrogens is 380 g/mol. The average Bonchev–Trinajstić information content (AvgIpc) is 2.65. The van der Waals surface area contributed by atoms with E-state index < -0.39 is 0 Å². The van der Waals surface area contributed by atoms with Crippen LogP contribution in [0.15, 0.2) is 23.3 Å². The second kappa shape index (κ2) is 6.37. The summed E-state index contributed by atoms with van der Waals surface area (Å²) >= 11 is 0. The van der Waals surface area contributed by atoms with E-state index in [2.05, 4.69) is 60.6 Å². The average molecular weight is 425 g/mol. The fourth-order valence-electron chi connectivity index (χ4n) is 9.52. The van der Waals surface area contributed by atoms with Crippen molar-refractivity contribution < 1.29 is 9.90 Å². The van der Waals surface area contributed by atoms with Crippen LogP contribution >= 0.6 is 0 Å². The molecule has 5 aliphatic rings. The Balaban J connectivity index is 1.65. The first kappa shape index (κ1) is 21.9. The van der Waals surface area contributed by atoms with Crippen LogP contribution in [-0.2, 0) is 4.79 Å². The number of hydrogen-bond donors (Lipinski definition) is 1. The van der Waals surface area contributed by atoms with Crippen LogP contribution in [0.5, 0.6) is 0 Å². The van der Waals surface area contributed by atoms with Gasteiger partial charge in [-0.3, -0.25) is 4.79 Å². The number of ketones is 1. The molecule has 1 N–H and O–H groups in total. The first-order valence-electron chi connectivity index (χ1n) is 12.9. The van der Waals surface area contributed by atoms with E-state index in [1.165, 1.54) is 17.6 Å². The third-order valence-electron chi connectivity index (χ3n) is 11.6. The Kier molecular flexibility index (Phi) is 4.50. The van der Waals surface area contributed by atoms with E-state index in [0.717, 1.165) is 44.9 Å². The quantitative estimate of drug-likeness (QED) is 0.460. The van der Waals surface area contributed by atoms with Gasteiger partial charge < -0.3 is 5.11 Å². The van der Waals surface area contributed by atoms with Gasteiger partial charge in [0, 0.05) is 17.8 Å². The van der Waals surface area contributed by atoms with Gasteiger partial charge in [-0.15, -0.1) is 0 Å². The number of rotatable bonds is 0. The number of carbonyl (C=O) groups excluding carboxylic acids is 1. The Hall–Kier alpha value is -0.890. The van der Waals surface area contributed by atoms with Crippen LogP contribution < -0.4 is 0 Å². The van der Waals surface area contributed by atoms with E-state index in [9.17, 15) is 9.90 Å². The zero-order valence-corrected chi connectivity index (χ0v) is 21.0. The lowest BCUT2D eigenvalue weighted by Gasteiger charge is -2.68. The minimum absolute atomic E-state index is 0.0390. The first-order chi connectivity index (χ1) is 14.3. The van der Waals surface area contributed by atoms with Crippen LogP contribution in [0, 0.1) is 44.8 Å². The molecule has 0 bridgehead atoms. The number of Topliss-reactive ketones (excluding diaryl/α,β-unsaturated/α-hetero) is 1. The number of allylic oxidation sites excluding steroid dienone is 4. The molecule has 0 amide bonds. The predicted octanol–water partition coefficient (Wildman–Crippen LogP) is 6.88. The minimum Gasteiger partial charge on any atom is -0.393 e. The van der Waals surface area contributed by atoms with Crippen molar-refractivity contribution in [2.24, 2.45) is 44.8 Å². The van der Waals surface area contributed by atoms with Crippen molar-refractivity contribution in [2.45, 2.75) is 106 Å². The molecule has 0 heterocycles. The smallest absolute Gasteiger partial charge is 0.140 e. The van der Waals surface area contributed by atoms with Crippen LogP contribution in [0.3, 0.4) is 0 Å². The zero-order valence-electron chi connectivity index (χ0n) is 21.0. The number of fused-ring (bicyclic) bond motifs is 6. The summed E-state index contributed by atoms with van der Waals surface area (Å²) in [4.78, 5) is 13.5. The van der Waals surface area contributed by atoms with Crippen molar-refractivity contribution >= 4 is 5.78 Å². The van der Waals surface area contributed by atoms with Gasteiger partial charge in [0.25, 0.3) is 0 Å². The van der Waals surface area contributed by atoms with Crippen LogP contribution in [0.25, 0.3) is 0 Å². The number of hydrogen-bond acceptors (Lipinski definition) is 2. The van der Waals surface area contributed by atoms with Gasteiger partial charge in [0.2, 0.25) is 0 Å². The lowest BCUT2D eigenvalue weighted by molar-refractivity contribution is -0.182. The summed E-state index contributed by atoms with van der Waals surface area (Å²) in [6, 6.07) is 0. The molecule has 3 saturated carbocycles. The Morgan fingerprint density at radius 3 is 2.32 bits per heavy atom. The minimum atomic E-state index is -0.197. The third kappa shape index (κ3) is 2.69. The largest absolute Gasteiger partial charge is 0.393 e. The molecule has 0 unspecified atom stereocenters. The molecule has 7 atom stereocenters. The monoisotopic (exact) mass is 424 g/mol. The molecular formula is C29H44O2. The summed E-state index contributed by atoms with van der Waals surface area (Å²) in [5.74, 6) is 1.70. The first-order valence-corrected chi connectivity index (χ1v) is 12.9. The SMILES string of the molecule is CC1(C)CC[C@@H]2C(=O)C[C@]3(C)C(=C2C1)C=C[C@@H]1[C@@]2(C)CC[C@H](O)C(C)(C)[C@@H]2CC[C@]13C. The number of aliphatic hydroxyl groups excluding tert-OH is 1. The highest BCUT2D eigenvalue weighted by molar-refractivity contribution is 5.88. The third-order valence-corrected chi connectivity index (χ3v) is 11.6. The molecule has 0 spiro atoms. The molecule has 2 heteroatoms. The summed E-state index contributed by atoms with van der Waals surface area (Å²) in [6.45, 7) is 16.8. The maximum absolute atomic E-state index is 13.5. The van der Waals surface area contributed by atoms with Crippen LogP contribution in [0.2, 0.25) is 0 Å². The molecule has 0 aliphatic heterocycles. The van der Waals surface area contributed by atoms with E-state index in [1.807, 2.05) is 0 Å². The van der Waals surface area contributed by atoms with Crippen molar-refractivity contribution in [3.63, 3.8) is 0 Å². The fraction of sp³-hybridized carbons (Fsp3) is 0.828. The standard InChI is InChI=1S/C29H44O2/c1-25(2)13-10-18-19(16-25)20-8-9-23-27(5)14-12-24(31)26(3,4)22(27)11-15-28(23,6)29(20,7)17-21(18)30/h8-9,18,22-24,31H,10-17H2,1-7H3/t18-,22-,23+,24-,27-,28+,29+/m0/s1. The van der Waals surface area contributed by atoms with Gasteiger partial charge in [-0.2, -0.15) is 0 Å². The van der Waals surface area contributed by atoms with E-state index in [0.29, 0.717) is 23.0 Å². The maximum Gasteiger partial charge on any atom is 0.140 e. The summed E-state index contributed by atoms with van der Waals surface area (Å²) in [6.07, 6.45) is 13.2. The highest BCUT2D eigenvalue weighted by atomic mass is 16.3. The fourth-order valence-corrected chi connectivity index (χ4v) is 9.52. The van der Waals surface area contributed by atoms with Crippen molar-refractivity contribution in [2.75, 3.05) is 0 Å². The van der Waals surface area contributed by atoms with Gasteiger partial charge >= 0.3 is 0 Å². The molecule has 0 aromatic carbocycles. The van der Waals surface area contributed by atoms with Gasteiger partial charge in [0.05, 0.1) is 6.10 Å². The van der Waals surface area contributed by atoms with Crippen LogP contribution in [0.4, 0.5) is 0 Å². The van der Waals surface area contributed by atoms with E-state index in [-0.39, 0.29) is 33.7 Å². The lowest BCUT2D eigenvalue weighted by atomic mass is 9.36. The predicted molar refractivity (Wildman–Crippen MR) is 126 cm³/mol. The summed E-state index contributed by atoms with van der Waals surface area (Å²) in [7, 11) is 0. The molecule has 0 saturated heterocycles. The molecule has 5 rings (SSSR count). The maximum atomic E-state index is 13.5. The highest BCUT2D eigenvalue weighted by Crippen LogP contribution is 2.72. The van der Waals surface area contributed by atoms with Crippen LogP contribution in [0.1, 0.15) is 99.8 Å².